The van der Waals surface area contributed by atoms with E-state index in [0.717, 1.165) is 30.5 Å². The van der Waals surface area contributed by atoms with Gasteiger partial charge in [-0.15, -0.1) is 0 Å². The van der Waals surface area contributed by atoms with Crippen molar-refractivity contribution in [3.05, 3.63) is 35.7 Å². The fourth-order valence-electron chi connectivity index (χ4n) is 3.51. The maximum atomic E-state index is 13.3. The molecule has 1 aliphatic carbocycles. The predicted octanol–water partition coefficient (Wildman–Crippen LogP) is 3.06. The molecule has 4 rings (SSSR count). The highest BCUT2D eigenvalue weighted by Crippen LogP contribution is 2.41. The minimum absolute atomic E-state index is 0.192. The first-order valence-electron chi connectivity index (χ1n) is 9.32. The Morgan fingerprint density at radius 3 is 2.46 bits per heavy atom. The van der Waals surface area contributed by atoms with E-state index in [9.17, 15) is 9.59 Å². The summed E-state index contributed by atoms with van der Waals surface area (Å²) in [6.45, 7) is 4.19. The number of para-hydroxylation sites is 2. The summed E-state index contributed by atoms with van der Waals surface area (Å²) in [5.41, 5.74) is 2.69. The summed E-state index contributed by atoms with van der Waals surface area (Å²) in [4.78, 5) is 36.6. The minimum Gasteiger partial charge on any atom is -0.461 e. The molecule has 1 saturated heterocycles. The molecule has 2 heterocycles. The second kappa shape index (κ2) is 6.67. The molecule has 1 atom stereocenters. The molecule has 26 heavy (non-hydrogen) atoms. The van der Waals surface area contributed by atoms with Crippen molar-refractivity contribution in [2.45, 2.75) is 57.6 Å². The van der Waals surface area contributed by atoms with Crippen LogP contribution in [0.2, 0.25) is 0 Å². The number of hydrogen-bond donors (Lipinski definition) is 0. The maximum Gasteiger partial charge on any atom is 0.329 e. The van der Waals surface area contributed by atoms with Crippen molar-refractivity contribution in [2.24, 2.45) is 0 Å². The highest BCUT2D eigenvalue weighted by Gasteiger charge is 2.39. The van der Waals surface area contributed by atoms with Gasteiger partial charge >= 0.3 is 5.97 Å². The number of carbonyl (C=O) groups excluding carboxylic acids is 2. The highest BCUT2D eigenvalue weighted by atomic mass is 16.5. The predicted molar refractivity (Wildman–Crippen MR) is 96.8 cm³/mol. The topological polar surface area (TPSA) is 72.4 Å². The molecule has 136 valence electrons. The smallest absolute Gasteiger partial charge is 0.329 e. The van der Waals surface area contributed by atoms with Crippen LogP contribution in [0.4, 0.5) is 0 Å². The van der Waals surface area contributed by atoms with Gasteiger partial charge in [-0.1, -0.05) is 12.1 Å². The fraction of sp³-hybridized carbons (Fsp3) is 0.500. The molecule has 1 amide bonds. The third-order valence-electron chi connectivity index (χ3n) is 4.90. The second-order valence-electron chi connectivity index (χ2n) is 7.36. The molecule has 1 aromatic carbocycles. The number of aromatic nitrogens is 2. The summed E-state index contributed by atoms with van der Waals surface area (Å²) in [6.07, 6.45) is 3.31. The monoisotopic (exact) mass is 353 g/mol. The van der Waals surface area contributed by atoms with Crippen LogP contribution in [0.3, 0.4) is 0 Å². The van der Waals surface area contributed by atoms with E-state index >= 15 is 0 Å². The van der Waals surface area contributed by atoms with E-state index < -0.39 is 6.04 Å². The number of amides is 1. The lowest BCUT2D eigenvalue weighted by molar-refractivity contribution is -0.151. The van der Waals surface area contributed by atoms with Gasteiger partial charge in [0.1, 0.15) is 6.04 Å². The van der Waals surface area contributed by atoms with E-state index in [0.29, 0.717) is 30.1 Å². The second-order valence-corrected chi connectivity index (χ2v) is 7.36. The van der Waals surface area contributed by atoms with Gasteiger partial charge in [0.05, 0.1) is 22.8 Å². The zero-order chi connectivity index (χ0) is 18.3. The normalized spacial score (nSPS) is 20.0. The number of ether oxygens (including phenoxy) is 1. The van der Waals surface area contributed by atoms with Gasteiger partial charge < -0.3 is 9.64 Å². The van der Waals surface area contributed by atoms with Gasteiger partial charge in [-0.25, -0.2) is 14.8 Å². The van der Waals surface area contributed by atoms with E-state index in [-0.39, 0.29) is 18.0 Å². The van der Waals surface area contributed by atoms with Crippen molar-refractivity contribution in [3.63, 3.8) is 0 Å². The summed E-state index contributed by atoms with van der Waals surface area (Å²) >= 11 is 0. The Labute approximate surface area is 152 Å². The van der Waals surface area contributed by atoms with E-state index in [1.54, 1.807) is 4.90 Å². The molecule has 6 nitrogen and oxygen atoms in total. The van der Waals surface area contributed by atoms with E-state index in [1.165, 1.54) is 0 Å². The van der Waals surface area contributed by atoms with Crippen LogP contribution < -0.4 is 0 Å². The highest BCUT2D eigenvalue weighted by molar-refractivity contribution is 5.98. The number of fused-ring (bicyclic) bond motifs is 1. The van der Waals surface area contributed by atoms with Crippen molar-refractivity contribution in [1.82, 2.24) is 14.9 Å². The Hall–Kier alpha value is -2.50. The minimum atomic E-state index is -0.523. The molecule has 6 heteroatoms. The average molecular weight is 353 g/mol. The molecule has 0 spiro atoms. The Bertz CT molecular complexity index is 861. The first-order valence-corrected chi connectivity index (χ1v) is 9.32. The van der Waals surface area contributed by atoms with Crippen molar-refractivity contribution < 1.29 is 14.3 Å². The Morgan fingerprint density at radius 1 is 1.12 bits per heavy atom. The number of benzene rings is 1. The molecule has 0 bridgehead atoms. The van der Waals surface area contributed by atoms with Gasteiger partial charge in [-0.3, -0.25) is 4.79 Å². The molecule has 0 N–H and O–H groups in total. The SMILES string of the molecule is CC(C)OC(=O)[C@@H]1CCCN1C(=O)c1nc2ccccc2nc1C1CC1. The molecule has 2 aliphatic rings. The number of nitrogens with zero attached hydrogens (tertiary/aromatic N) is 3. The van der Waals surface area contributed by atoms with Crippen molar-refractivity contribution in [2.75, 3.05) is 6.54 Å². The van der Waals surface area contributed by atoms with Crippen LogP contribution in [-0.2, 0) is 9.53 Å². The van der Waals surface area contributed by atoms with Gasteiger partial charge in [0.25, 0.3) is 5.91 Å². The van der Waals surface area contributed by atoms with Crippen molar-refractivity contribution >= 4 is 22.9 Å². The van der Waals surface area contributed by atoms with Gasteiger partial charge in [0.2, 0.25) is 0 Å². The Balaban J connectivity index is 1.69. The largest absolute Gasteiger partial charge is 0.461 e. The summed E-state index contributed by atoms with van der Waals surface area (Å²) in [5, 5.41) is 0. The first kappa shape index (κ1) is 16.9. The summed E-state index contributed by atoms with van der Waals surface area (Å²) in [7, 11) is 0. The molecular formula is C20H23N3O3. The molecular weight excluding hydrogens is 330 g/mol. The number of hydrogen-bond acceptors (Lipinski definition) is 5. The average Bonchev–Trinajstić information content (AvgIpc) is 3.35. The number of esters is 1. The lowest BCUT2D eigenvalue weighted by Crippen LogP contribution is -2.42. The van der Waals surface area contributed by atoms with Crippen LogP contribution >= 0.6 is 0 Å². The summed E-state index contributed by atoms with van der Waals surface area (Å²) in [6, 6.07) is 7.07. The van der Waals surface area contributed by atoms with Crippen molar-refractivity contribution in [1.29, 1.82) is 0 Å². The molecule has 1 saturated carbocycles. The Morgan fingerprint density at radius 2 is 1.81 bits per heavy atom. The van der Waals surface area contributed by atoms with Gasteiger partial charge in [-0.2, -0.15) is 0 Å². The van der Waals surface area contributed by atoms with Crippen LogP contribution in [0.5, 0.6) is 0 Å². The lowest BCUT2D eigenvalue weighted by atomic mass is 10.1. The number of likely N-dealkylation sites (tertiary alicyclic amines) is 1. The standard InChI is InChI=1S/C20H23N3O3/c1-12(2)26-20(25)16-8-5-11-23(16)19(24)18-17(13-9-10-13)21-14-6-3-4-7-15(14)22-18/h3-4,6-7,12-13,16H,5,8-11H2,1-2H3/t16-/m0/s1. The van der Waals surface area contributed by atoms with E-state index in [4.69, 9.17) is 9.72 Å². The quantitative estimate of drug-likeness (QED) is 0.790. The third-order valence-corrected chi connectivity index (χ3v) is 4.90. The van der Waals surface area contributed by atoms with Gasteiger partial charge in [-0.05, 0) is 51.7 Å². The zero-order valence-electron chi connectivity index (χ0n) is 15.1. The van der Waals surface area contributed by atoms with Gasteiger partial charge in [0.15, 0.2) is 5.69 Å². The number of carbonyl (C=O) groups is 2. The fourth-order valence-corrected chi connectivity index (χ4v) is 3.51. The van der Waals surface area contributed by atoms with E-state index in [2.05, 4.69) is 4.98 Å². The van der Waals surface area contributed by atoms with E-state index in [1.807, 2.05) is 38.1 Å². The van der Waals surface area contributed by atoms with Crippen LogP contribution in [0.1, 0.15) is 61.6 Å². The third kappa shape index (κ3) is 3.16. The maximum absolute atomic E-state index is 13.3. The number of rotatable bonds is 4. The van der Waals surface area contributed by atoms with Crippen LogP contribution in [-0.4, -0.2) is 45.4 Å². The lowest BCUT2D eigenvalue weighted by Gasteiger charge is -2.24. The van der Waals surface area contributed by atoms with Crippen molar-refractivity contribution in [3.8, 4) is 0 Å². The Kier molecular flexibility index (Phi) is 4.34. The molecule has 2 fully saturated rings. The summed E-state index contributed by atoms with van der Waals surface area (Å²) < 4.78 is 5.34. The molecule has 1 aliphatic heterocycles. The molecule has 0 unspecified atom stereocenters. The zero-order valence-corrected chi connectivity index (χ0v) is 15.1. The van der Waals surface area contributed by atoms with Gasteiger partial charge in [0, 0.05) is 12.5 Å². The first-order chi connectivity index (χ1) is 12.5. The van der Waals surface area contributed by atoms with Crippen LogP contribution in [0.25, 0.3) is 11.0 Å². The van der Waals surface area contributed by atoms with Crippen LogP contribution in [0.15, 0.2) is 24.3 Å². The molecule has 2 aromatic rings. The molecule has 1 aromatic heterocycles. The summed E-state index contributed by atoms with van der Waals surface area (Å²) in [5.74, 6) is -0.226. The van der Waals surface area contributed by atoms with Crippen LogP contribution in [0, 0.1) is 0 Å². The molecule has 0 radical (unpaired) electrons.